The van der Waals surface area contributed by atoms with Crippen molar-refractivity contribution in [2.75, 3.05) is 19.7 Å². The Morgan fingerprint density at radius 1 is 1.23 bits per heavy atom. The Hall–Kier alpha value is -1.73. The van der Waals surface area contributed by atoms with Crippen molar-refractivity contribution < 1.29 is 34.7 Å². The molecule has 1 aromatic carbocycles. The van der Waals surface area contributed by atoms with Crippen LogP contribution in [0.25, 0.3) is 0 Å². The molecule has 1 unspecified atom stereocenters. The lowest BCUT2D eigenvalue weighted by Crippen LogP contribution is -2.37. The van der Waals surface area contributed by atoms with E-state index >= 15 is 0 Å². The average Bonchev–Trinajstić information content (AvgIpc) is 3.07. The fraction of sp³-hybridized carbons (Fsp3) is 0.526. The predicted molar refractivity (Wildman–Crippen MR) is 111 cm³/mol. The van der Waals surface area contributed by atoms with E-state index < -0.39 is 23.9 Å². The third-order valence-corrected chi connectivity index (χ3v) is 7.45. The van der Waals surface area contributed by atoms with E-state index in [0.717, 1.165) is 37.7 Å². The van der Waals surface area contributed by atoms with Gasteiger partial charge in [0, 0.05) is 25.7 Å². The number of rotatable bonds is 5. The summed E-state index contributed by atoms with van der Waals surface area (Å²) in [6.45, 7) is 9.49. The second-order valence-corrected chi connectivity index (χ2v) is 14.3. The van der Waals surface area contributed by atoms with Crippen molar-refractivity contribution in [3.8, 4) is 0 Å². The molecule has 1 atom stereocenters. The van der Waals surface area contributed by atoms with Gasteiger partial charge in [-0.1, -0.05) is 35.5 Å². The summed E-state index contributed by atoms with van der Waals surface area (Å²) < 4.78 is 70.8. The minimum absolute atomic E-state index is 0.00124. The second-order valence-electron chi connectivity index (χ2n) is 8.05. The van der Waals surface area contributed by atoms with Crippen molar-refractivity contribution in [3.63, 3.8) is 0 Å². The van der Waals surface area contributed by atoms with Crippen LogP contribution in [0.3, 0.4) is 0 Å². The van der Waals surface area contributed by atoms with Crippen LogP contribution in [0, 0.1) is 6.92 Å². The average molecular weight is 481 g/mol. The number of hydrogen-bond acceptors (Lipinski definition) is 7. The molecule has 0 aliphatic carbocycles. The molecular formula is C19H27F3N2O5SSi. The standard InChI is InChI=1S/C15H18N2O2.C4H9F3O3SSi/c1-12-9-14(19-16-12)15-11-17(7-8-18-15)10-13-5-3-2-4-6-13;1-12(2,3)10-11(8,9)4(5,6)7/h2-6,9,15H,7-8,10-11H2,1H3;1-3H3. The number of hydrogen-bond donors (Lipinski definition) is 0. The van der Waals surface area contributed by atoms with Gasteiger partial charge in [-0.05, 0) is 32.1 Å². The Morgan fingerprint density at radius 3 is 2.35 bits per heavy atom. The first-order valence-electron chi connectivity index (χ1n) is 9.60. The van der Waals surface area contributed by atoms with E-state index in [2.05, 4.69) is 38.2 Å². The van der Waals surface area contributed by atoms with Gasteiger partial charge in [0.15, 0.2) is 5.76 Å². The number of benzene rings is 1. The number of aryl methyl sites for hydroxylation is 1. The van der Waals surface area contributed by atoms with Gasteiger partial charge in [0.1, 0.15) is 6.10 Å². The van der Waals surface area contributed by atoms with Crippen molar-refractivity contribution >= 4 is 18.4 Å². The maximum Gasteiger partial charge on any atom is 0.522 e. The van der Waals surface area contributed by atoms with Gasteiger partial charge in [0.05, 0.1) is 12.3 Å². The maximum atomic E-state index is 11.7. The minimum atomic E-state index is -5.39. The lowest BCUT2D eigenvalue weighted by Gasteiger charge is -2.31. The zero-order chi connectivity index (χ0) is 23.3. The highest BCUT2D eigenvalue weighted by Crippen LogP contribution is 2.27. The Kier molecular flexibility index (Phi) is 8.45. The van der Waals surface area contributed by atoms with Gasteiger partial charge < -0.3 is 13.1 Å². The van der Waals surface area contributed by atoms with Crippen molar-refractivity contribution in [1.29, 1.82) is 0 Å². The molecule has 0 N–H and O–H groups in total. The fourth-order valence-corrected chi connectivity index (χ4v) is 5.78. The van der Waals surface area contributed by atoms with Crippen LogP contribution in [-0.2, 0) is 25.3 Å². The van der Waals surface area contributed by atoms with Gasteiger partial charge >= 0.3 is 15.6 Å². The number of nitrogens with zero attached hydrogens (tertiary/aromatic N) is 2. The molecule has 3 rings (SSSR count). The first-order chi connectivity index (χ1) is 14.3. The van der Waals surface area contributed by atoms with Crippen molar-refractivity contribution in [1.82, 2.24) is 10.1 Å². The molecule has 0 amide bonds. The maximum absolute atomic E-state index is 11.7. The van der Waals surface area contributed by atoms with Crippen LogP contribution in [0.1, 0.15) is 23.1 Å². The van der Waals surface area contributed by atoms with Crippen molar-refractivity contribution in [3.05, 3.63) is 53.4 Å². The van der Waals surface area contributed by atoms with Crippen LogP contribution >= 0.6 is 0 Å². The summed E-state index contributed by atoms with van der Waals surface area (Å²) in [6.07, 6.45) is -0.00124. The molecule has 1 aliphatic heterocycles. The molecule has 1 fully saturated rings. The third kappa shape index (κ3) is 8.37. The molecule has 0 bridgehead atoms. The lowest BCUT2D eigenvalue weighted by atomic mass is 10.1. The highest BCUT2D eigenvalue weighted by molar-refractivity contribution is 7.88. The first kappa shape index (κ1) is 25.5. The Morgan fingerprint density at radius 2 is 1.87 bits per heavy atom. The number of aromatic nitrogens is 1. The molecule has 0 spiro atoms. The summed E-state index contributed by atoms with van der Waals surface area (Å²) in [6, 6.07) is 12.5. The smallest absolute Gasteiger partial charge is 0.367 e. The molecule has 0 saturated carbocycles. The topological polar surface area (TPSA) is 81.9 Å². The lowest BCUT2D eigenvalue weighted by molar-refractivity contribution is -0.0503. The van der Waals surface area contributed by atoms with E-state index in [-0.39, 0.29) is 6.10 Å². The quantitative estimate of drug-likeness (QED) is 0.468. The van der Waals surface area contributed by atoms with E-state index in [0.29, 0.717) is 0 Å². The highest BCUT2D eigenvalue weighted by atomic mass is 32.2. The zero-order valence-corrected chi connectivity index (χ0v) is 19.7. The molecule has 1 aliphatic rings. The molecule has 12 heteroatoms. The van der Waals surface area contributed by atoms with Gasteiger partial charge in [0.2, 0.25) is 8.32 Å². The Balaban J connectivity index is 0.000000248. The molecule has 31 heavy (non-hydrogen) atoms. The van der Waals surface area contributed by atoms with Crippen LogP contribution in [0.15, 0.2) is 40.9 Å². The van der Waals surface area contributed by atoms with Crippen molar-refractivity contribution in [2.24, 2.45) is 0 Å². The number of morpholine rings is 1. The zero-order valence-electron chi connectivity index (χ0n) is 17.8. The SMILES string of the molecule is C[Si](C)(C)OS(=O)(=O)C(F)(F)F.Cc1cc(C2CN(Cc3ccccc3)CCO2)on1. The van der Waals surface area contributed by atoms with E-state index in [1.54, 1.807) is 0 Å². The number of halogens is 3. The number of ether oxygens (including phenoxy) is 1. The molecular weight excluding hydrogens is 453 g/mol. The largest absolute Gasteiger partial charge is 0.522 e. The molecule has 7 nitrogen and oxygen atoms in total. The predicted octanol–water partition coefficient (Wildman–Crippen LogP) is 4.24. The molecule has 1 saturated heterocycles. The summed E-state index contributed by atoms with van der Waals surface area (Å²) in [5.41, 5.74) is -3.08. The van der Waals surface area contributed by atoms with E-state index in [1.165, 1.54) is 25.2 Å². The van der Waals surface area contributed by atoms with E-state index in [9.17, 15) is 21.6 Å². The van der Waals surface area contributed by atoms with Crippen LogP contribution in [0.2, 0.25) is 19.6 Å². The molecule has 2 aromatic rings. The van der Waals surface area contributed by atoms with E-state index in [4.69, 9.17) is 9.26 Å². The monoisotopic (exact) mass is 480 g/mol. The Labute approximate surface area is 181 Å². The van der Waals surface area contributed by atoms with Gasteiger partial charge in [-0.25, -0.2) is 0 Å². The van der Waals surface area contributed by atoms with E-state index in [1.807, 2.05) is 19.1 Å². The van der Waals surface area contributed by atoms with Crippen LogP contribution in [-0.4, -0.2) is 52.0 Å². The Bertz CT molecular complexity index is 930. The normalized spacial score (nSPS) is 18.4. The molecule has 0 radical (unpaired) electrons. The third-order valence-electron chi connectivity index (χ3n) is 4.01. The van der Waals surface area contributed by atoms with Crippen LogP contribution in [0.5, 0.6) is 0 Å². The van der Waals surface area contributed by atoms with Crippen molar-refractivity contribution in [2.45, 2.75) is 44.7 Å². The summed E-state index contributed by atoms with van der Waals surface area (Å²) in [4.78, 5) is 2.39. The summed E-state index contributed by atoms with van der Waals surface area (Å²) in [5.74, 6) is 0.829. The summed E-state index contributed by atoms with van der Waals surface area (Å²) in [7, 11) is -8.10. The van der Waals surface area contributed by atoms with Gasteiger partial charge in [-0.3, -0.25) is 4.90 Å². The first-order valence-corrected chi connectivity index (χ1v) is 14.4. The van der Waals surface area contributed by atoms with Crippen LogP contribution in [0.4, 0.5) is 13.2 Å². The molecule has 174 valence electrons. The van der Waals surface area contributed by atoms with Gasteiger partial charge in [-0.2, -0.15) is 21.6 Å². The second kappa shape index (κ2) is 10.3. The minimum Gasteiger partial charge on any atom is -0.367 e. The molecule has 1 aromatic heterocycles. The van der Waals surface area contributed by atoms with Gasteiger partial charge in [-0.15, -0.1) is 0 Å². The molecule has 2 heterocycles. The van der Waals surface area contributed by atoms with Gasteiger partial charge in [0.25, 0.3) is 0 Å². The highest BCUT2D eigenvalue weighted by Gasteiger charge is 2.49. The fourth-order valence-electron chi connectivity index (χ4n) is 2.77. The van der Waals surface area contributed by atoms with Crippen LogP contribution < -0.4 is 0 Å². The number of alkyl halides is 3. The summed E-state index contributed by atoms with van der Waals surface area (Å²) >= 11 is 0. The summed E-state index contributed by atoms with van der Waals surface area (Å²) in [5, 5.41) is 3.93.